The molecule has 2 aromatic rings. The topological polar surface area (TPSA) is 65.5 Å². The monoisotopic (exact) mass is 446 g/mol. The fourth-order valence-corrected chi connectivity index (χ4v) is 6.13. The summed E-state index contributed by atoms with van der Waals surface area (Å²) in [4.78, 5) is 34.6. The van der Waals surface area contributed by atoms with Crippen LogP contribution in [0.15, 0.2) is 42.7 Å². The summed E-state index contributed by atoms with van der Waals surface area (Å²) < 4.78 is 0. The maximum atomic E-state index is 13.6. The van der Waals surface area contributed by atoms with Crippen molar-refractivity contribution in [1.29, 1.82) is 0 Å². The lowest BCUT2D eigenvalue weighted by Gasteiger charge is -2.61. The van der Waals surface area contributed by atoms with Gasteiger partial charge in [-0.25, -0.2) is 4.79 Å². The summed E-state index contributed by atoms with van der Waals surface area (Å²) in [5.41, 5.74) is 4.20. The predicted molar refractivity (Wildman–Crippen MR) is 129 cm³/mol. The van der Waals surface area contributed by atoms with Crippen LogP contribution < -0.4 is 5.32 Å². The summed E-state index contributed by atoms with van der Waals surface area (Å²) in [6.07, 6.45) is 10.8. The molecular weight excluding hydrogens is 412 g/mol. The molecule has 5 rings (SSSR count). The number of carbonyl (C=O) groups is 2. The summed E-state index contributed by atoms with van der Waals surface area (Å²) in [6.45, 7) is 5.46. The SMILES string of the molecule is Cc1ccc(NC(=O)N2CCC(N3C(=O)C4(CCCCC4)C3c3ccncc3)CC2)cc1C. The van der Waals surface area contributed by atoms with Crippen molar-refractivity contribution in [2.24, 2.45) is 5.41 Å². The van der Waals surface area contributed by atoms with Gasteiger partial charge in [0.25, 0.3) is 0 Å². The fraction of sp³-hybridized carbons (Fsp3) is 0.519. The number of piperidine rings is 1. The Morgan fingerprint density at radius 2 is 1.70 bits per heavy atom. The van der Waals surface area contributed by atoms with Crippen molar-refractivity contribution in [1.82, 2.24) is 14.8 Å². The molecule has 174 valence electrons. The van der Waals surface area contributed by atoms with E-state index in [1.807, 2.05) is 35.5 Å². The summed E-state index contributed by atoms with van der Waals surface area (Å²) in [5.74, 6) is 0.335. The maximum absolute atomic E-state index is 13.6. The first-order valence-electron chi connectivity index (χ1n) is 12.4. The Kier molecular flexibility index (Phi) is 5.85. The molecule has 1 aromatic carbocycles. The number of benzene rings is 1. The third-order valence-electron chi connectivity index (χ3n) is 8.13. The van der Waals surface area contributed by atoms with Crippen LogP contribution >= 0.6 is 0 Å². The van der Waals surface area contributed by atoms with Gasteiger partial charge in [0.2, 0.25) is 5.91 Å². The van der Waals surface area contributed by atoms with Crippen molar-refractivity contribution in [2.45, 2.75) is 70.9 Å². The summed E-state index contributed by atoms with van der Waals surface area (Å²) in [7, 11) is 0. The van der Waals surface area contributed by atoms with E-state index in [-0.39, 0.29) is 23.5 Å². The molecular formula is C27H34N4O2. The van der Waals surface area contributed by atoms with Gasteiger partial charge in [0.15, 0.2) is 0 Å². The molecule has 3 heterocycles. The number of hydrogen-bond acceptors (Lipinski definition) is 3. The number of carbonyl (C=O) groups excluding carboxylic acids is 2. The number of amides is 3. The standard InChI is InChI=1S/C27H34N4O2/c1-19-6-7-22(18-20(19)2)29-26(33)30-16-10-23(11-17-30)31-24(21-8-14-28-15-9-21)27(25(31)32)12-4-3-5-13-27/h6-9,14-15,18,23-24H,3-5,10-13,16-17H2,1-2H3,(H,29,33). The molecule has 3 amide bonds. The van der Waals surface area contributed by atoms with E-state index in [9.17, 15) is 9.59 Å². The lowest BCUT2D eigenvalue weighted by molar-refractivity contribution is -0.186. The van der Waals surface area contributed by atoms with Gasteiger partial charge in [-0.15, -0.1) is 0 Å². The molecule has 1 N–H and O–H groups in total. The van der Waals surface area contributed by atoms with E-state index in [0.717, 1.165) is 44.2 Å². The number of hydrogen-bond donors (Lipinski definition) is 1. The Morgan fingerprint density at radius 3 is 2.36 bits per heavy atom. The molecule has 1 saturated carbocycles. The van der Waals surface area contributed by atoms with Crippen LogP contribution in [0.1, 0.15) is 67.7 Å². The van der Waals surface area contributed by atoms with Gasteiger partial charge >= 0.3 is 6.03 Å². The molecule has 6 heteroatoms. The van der Waals surface area contributed by atoms with Gasteiger partial charge in [-0.05, 0) is 80.5 Å². The molecule has 2 aliphatic heterocycles. The van der Waals surface area contributed by atoms with Gasteiger partial charge in [-0.1, -0.05) is 25.3 Å². The molecule has 6 nitrogen and oxygen atoms in total. The maximum Gasteiger partial charge on any atom is 0.321 e. The quantitative estimate of drug-likeness (QED) is 0.657. The second-order valence-corrected chi connectivity index (χ2v) is 10.1. The van der Waals surface area contributed by atoms with Crippen LogP contribution in [-0.4, -0.2) is 45.9 Å². The minimum Gasteiger partial charge on any atom is -0.331 e. The van der Waals surface area contributed by atoms with Crippen LogP contribution in [0.2, 0.25) is 0 Å². The number of likely N-dealkylation sites (tertiary alicyclic amines) is 2. The molecule has 33 heavy (non-hydrogen) atoms. The Labute approximate surface area is 196 Å². The second-order valence-electron chi connectivity index (χ2n) is 10.1. The van der Waals surface area contributed by atoms with Gasteiger partial charge in [-0.2, -0.15) is 0 Å². The van der Waals surface area contributed by atoms with Crippen LogP contribution in [0.25, 0.3) is 0 Å². The molecule has 1 aromatic heterocycles. The van der Waals surface area contributed by atoms with Crippen molar-refractivity contribution in [3.05, 3.63) is 59.4 Å². The minimum atomic E-state index is -0.225. The minimum absolute atomic E-state index is 0.0546. The zero-order valence-corrected chi connectivity index (χ0v) is 19.7. The van der Waals surface area contributed by atoms with Crippen molar-refractivity contribution in [3.63, 3.8) is 0 Å². The predicted octanol–water partition coefficient (Wildman–Crippen LogP) is 5.23. The Balaban J connectivity index is 1.26. The second kappa shape index (κ2) is 8.81. The van der Waals surface area contributed by atoms with E-state index in [1.54, 1.807) is 0 Å². The van der Waals surface area contributed by atoms with Gasteiger partial charge in [0.05, 0.1) is 11.5 Å². The highest BCUT2D eigenvalue weighted by Crippen LogP contribution is 2.59. The summed E-state index contributed by atoms with van der Waals surface area (Å²) in [5, 5.41) is 3.04. The fourth-order valence-electron chi connectivity index (χ4n) is 6.13. The van der Waals surface area contributed by atoms with Crippen molar-refractivity contribution < 1.29 is 9.59 Å². The number of β-lactam (4-membered cyclic amide) rings is 1. The van der Waals surface area contributed by atoms with Gasteiger partial charge in [-0.3, -0.25) is 9.78 Å². The number of nitrogens with one attached hydrogen (secondary N) is 1. The smallest absolute Gasteiger partial charge is 0.321 e. The molecule has 0 bridgehead atoms. The van der Waals surface area contributed by atoms with E-state index < -0.39 is 0 Å². The molecule has 0 radical (unpaired) electrons. The Hall–Kier alpha value is -2.89. The molecule has 1 aliphatic carbocycles. The molecule has 2 saturated heterocycles. The van der Waals surface area contributed by atoms with E-state index in [0.29, 0.717) is 19.0 Å². The number of rotatable bonds is 3. The van der Waals surface area contributed by atoms with Crippen molar-refractivity contribution >= 4 is 17.6 Å². The average molecular weight is 447 g/mol. The Bertz CT molecular complexity index is 1020. The molecule has 1 spiro atoms. The molecule has 1 atom stereocenters. The molecule has 1 unspecified atom stereocenters. The number of aromatic nitrogens is 1. The number of anilines is 1. The largest absolute Gasteiger partial charge is 0.331 e. The highest BCUT2D eigenvalue weighted by Gasteiger charge is 2.62. The van der Waals surface area contributed by atoms with Crippen LogP contribution in [0.3, 0.4) is 0 Å². The first kappa shape index (κ1) is 21.9. The van der Waals surface area contributed by atoms with Gasteiger partial charge in [0.1, 0.15) is 0 Å². The third-order valence-corrected chi connectivity index (χ3v) is 8.13. The van der Waals surface area contributed by atoms with E-state index in [4.69, 9.17) is 0 Å². The normalized spacial score (nSPS) is 22.8. The number of pyridine rings is 1. The highest BCUT2D eigenvalue weighted by atomic mass is 16.2. The van der Waals surface area contributed by atoms with Gasteiger partial charge < -0.3 is 15.1 Å². The molecule has 3 aliphatic rings. The third kappa shape index (κ3) is 3.90. The van der Waals surface area contributed by atoms with Crippen LogP contribution in [0, 0.1) is 19.3 Å². The summed E-state index contributed by atoms with van der Waals surface area (Å²) >= 11 is 0. The zero-order valence-electron chi connectivity index (χ0n) is 19.7. The van der Waals surface area contributed by atoms with Crippen molar-refractivity contribution in [3.8, 4) is 0 Å². The Morgan fingerprint density at radius 1 is 1.00 bits per heavy atom. The molecule has 3 fully saturated rings. The lowest BCUT2D eigenvalue weighted by Crippen LogP contribution is -2.67. The number of urea groups is 1. The van der Waals surface area contributed by atoms with E-state index in [2.05, 4.69) is 41.2 Å². The number of aryl methyl sites for hydroxylation is 2. The first-order chi connectivity index (χ1) is 16.0. The van der Waals surface area contributed by atoms with E-state index >= 15 is 0 Å². The lowest BCUT2D eigenvalue weighted by atomic mass is 9.59. The first-order valence-corrected chi connectivity index (χ1v) is 12.4. The van der Waals surface area contributed by atoms with E-state index in [1.165, 1.54) is 23.1 Å². The van der Waals surface area contributed by atoms with Crippen LogP contribution in [0.5, 0.6) is 0 Å². The number of nitrogens with zero attached hydrogens (tertiary/aromatic N) is 3. The highest BCUT2D eigenvalue weighted by molar-refractivity contribution is 5.91. The van der Waals surface area contributed by atoms with Crippen LogP contribution in [0.4, 0.5) is 10.5 Å². The average Bonchev–Trinajstić information content (AvgIpc) is 2.85. The van der Waals surface area contributed by atoms with Gasteiger partial charge in [0, 0.05) is 37.2 Å². The summed E-state index contributed by atoms with van der Waals surface area (Å²) in [6, 6.07) is 10.4. The van der Waals surface area contributed by atoms with Crippen LogP contribution in [-0.2, 0) is 4.79 Å². The zero-order chi connectivity index (χ0) is 23.0. The van der Waals surface area contributed by atoms with Crippen molar-refractivity contribution in [2.75, 3.05) is 18.4 Å².